The van der Waals surface area contributed by atoms with Gasteiger partial charge in [-0.3, -0.25) is 9.59 Å². The molecule has 0 radical (unpaired) electrons. The highest BCUT2D eigenvalue weighted by Crippen LogP contribution is 2.33. The SMILES string of the molecule is Cn1c(CNC(=O)[C@@H]2CCN(c3cc(Cl)ccc3Cl)C2=O)nc2ccccc21. The fraction of sp³-hybridized carbons (Fsp3) is 0.250. The lowest BCUT2D eigenvalue weighted by molar-refractivity contribution is -0.132. The van der Waals surface area contributed by atoms with E-state index in [1.54, 1.807) is 18.2 Å². The number of para-hydroxylation sites is 2. The smallest absolute Gasteiger partial charge is 0.239 e. The van der Waals surface area contributed by atoms with E-state index >= 15 is 0 Å². The summed E-state index contributed by atoms with van der Waals surface area (Å²) >= 11 is 12.2. The minimum Gasteiger partial charge on any atom is -0.348 e. The second kappa shape index (κ2) is 7.45. The van der Waals surface area contributed by atoms with Gasteiger partial charge in [0.15, 0.2) is 0 Å². The summed E-state index contributed by atoms with van der Waals surface area (Å²) in [6.07, 6.45) is 0.427. The normalized spacial score (nSPS) is 16.8. The van der Waals surface area contributed by atoms with Gasteiger partial charge < -0.3 is 14.8 Å². The van der Waals surface area contributed by atoms with E-state index in [-0.39, 0.29) is 18.4 Å². The number of aromatic nitrogens is 2. The summed E-state index contributed by atoms with van der Waals surface area (Å²) in [4.78, 5) is 31.5. The molecule has 0 bridgehead atoms. The average Bonchev–Trinajstić information content (AvgIpc) is 3.22. The average molecular weight is 417 g/mol. The fourth-order valence-corrected chi connectivity index (χ4v) is 3.88. The predicted molar refractivity (Wildman–Crippen MR) is 109 cm³/mol. The maximum atomic E-state index is 12.8. The van der Waals surface area contributed by atoms with Crippen molar-refractivity contribution >= 4 is 51.7 Å². The van der Waals surface area contributed by atoms with E-state index < -0.39 is 5.92 Å². The third kappa shape index (κ3) is 3.34. The molecule has 2 aromatic carbocycles. The molecule has 144 valence electrons. The van der Waals surface area contributed by atoms with Crippen LogP contribution in [0.25, 0.3) is 11.0 Å². The maximum absolute atomic E-state index is 12.8. The minimum atomic E-state index is -0.746. The number of rotatable bonds is 4. The Balaban J connectivity index is 1.46. The number of benzene rings is 2. The zero-order valence-corrected chi connectivity index (χ0v) is 16.7. The van der Waals surface area contributed by atoms with Gasteiger partial charge in [-0.25, -0.2) is 4.98 Å². The highest BCUT2D eigenvalue weighted by molar-refractivity contribution is 6.36. The van der Waals surface area contributed by atoms with Gasteiger partial charge in [0.25, 0.3) is 0 Å². The van der Waals surface area contributed by atoms with Gasteiger partial charge in [-0.05, 0) is 36.8 Å². The number of halogens is 2. The molecule has 6 nitrogen and oxygen atoms in total. The van der Waals surface area contributed by atoms with Crippen LogP contribution in [0, 0.1) is 5.92 Å². The maximum Gasteiger partial charge on any atom is 0.239 e. The molecule has 1 aliphatic rings. The highest BCUT2D eigenvalue weighted by Gasteiger charge is 2.38. The molecule has 0 unspecified atom stereocenters. The van der Waals surface area contributed by atoms with Gasteiger partial charge in [0.05, 0.1) is 28.3 Å². The van der Waals surface area contributed by atoms with Crippen molar-refractivity contribution in [1.29, 1.82) is 0 Å². The number of hydrogen-bond donors (Lipinski definition) is 1. The summed E-state index contributed by atoms with van der Waals surface area (Å²) in [7, 11) is 1.90. The van der Waals surface area contributed by atoms with Crippen LogP contribution < -0.4 is 10.2 Å². The number of amides is 2. The second-order valence-electron chi connectivity index (χ2n) is 6.72. The summed E-state index contributed by atoms with van der Waals surface area (Å²) in [6.45, 7) is 0.676. The molecule has 1 fully saturated rings. The van der Waals surface area contributed by atoms with Gasteiger partial charge in [0.1, 0.15) is 11.7 Å². The van der Waals surface area contributed by atoms with Crippen molar-refractivity contribution in [2.75, 3.05) is 11.4 Å². The van der Waals surface area contributed by atoms with E-state index in [1.807, 2.05) is 35.9 Å². The quantitative estimate of drug-likeness (QED) is 0.661. The first-order chi connectivity index (χ1) is 13.5. The van der Waals surface area contributed by atoms with Crippen LogP contribution in [0.15, 0.2) is 42.5 Å². The Morgan fingerprint density at radius 1 is 1.25 bits per heavy atom. The number of fused-ring (bicyclic) bond motifs is 1. The van der Waals surface area contributed by atoms with Crippen molar-refractivity contribution in [3.63, 3.8) is 0 Å². The summed E-state index contributed by atoms with van der Waals surface area (Å²) in [6, 6.07) is 12.7. The van der Waals surface area contributed by atoms with Crippen molar-refractivity contribution in [3.8, 4) is 0 Å². The number of carbonyl (C=O) groups is 2. The van der Waals surface area contributed by atoms with Gasteiger partial charge in [0, 0.05) is 18.6 Å². The Morgan fingerprint density at radius 3 is 2.82 bits per heavy atom. The fourth-order valence-electron chi connectivity index (χ4n) is 3.50. The van der Waals surface area contributed by atoms with E-state index in [9.17, 15) is 9.59 Å². The number of nitrogens with one attached hydrogen (secondary N) is 1. The summed E-state index contributed by atoms with van der Waals surface area (Å²) in [5.74, 6) is -0.594. The summed E-state index contributed by atoms with van der Waals surface area (Å²) < 4.78 is 1.93. The lowest BCUT2D eigenvalue weighted by Gasteiger charge is -2.18. The van der Waals surface area contributed by atoms with Gasteiger partial charge in [-0.15, -0.1) is 0 Å². The standard InChI is InChI=1S/C20H18Cl2N4O2/c1-25-16-5-3-2-4-15(16)24-18(25)11-23-19(27)13-8-9-26(20(13)28)17-10-12(21)6-7-14(17)22/h2-7,10,13H,8-9,11H2,1H3,(H,23,27)/t13-/m0/s1. The van der Waals surface area contributed by atoms with Crippen LogP contribution in [0.2, 0.25) is 10.0 Å². The third-order valence-electron chi connectivity index (χ3n) is 5.02. The Labute approximate surface area is 172 Å². The van der Waals surface area contributed by atoms with Crippen molar-refractivity contribution in [2.45, 2.75) is 13.0 Å². The van der Waals surface area contributed by atoms with Crippen LogP contribution in [0.3, 0.4) is 0 Å². The van der Waals surface area contributed by atoms with Crippen LogP contribution >= 0.6 is 23.2 Å². The molecule has 1 aromatic heterocycles. The first-order valence-electron chi connectivity index (χ1n) is 8.90. The molecule has 1 atom stereocenters. The number of nitrogens with zero attached hydrogens (tertiary/aromatic N) is 3. The number of aryl methyl sites for hydroxylation is 1. The van der Waals surface area contributed by atoms with Crippen LogP contribution in [0.5, 0.6) is 0 Å². The molecule has 1 aliphatic heterocycles. The molecular weight excluding hydrogens is 399 g/mol. The molecule has 2 heterocycles. The lowest BCUT2D eigenvalue weighted by atomic mass is 10.1. The van der Waals surface area contributed by atoms with E-state index in [2.05, 4.69) is 10.3 Å². The Kier molecular flexibility index (Phi) is 5.00. The van der Waals surface area contributed by atoms with Crippen molar-refractivity contribution in [2.24, 2.45) is 13.0 Å². The predicted octanol–water partition coefficient (Wildman–Crippen LogP) is 3.55. The number of anilines is 1. The van der Waals surface area contributed by atoms with Gasteiger partial charge in [-0.2, -0.15) is 0 Å². The summed E-state index contributed by atoms with van der Waals surface area (Å²) in [5.41, 5.74) is 2.39. The molecule has 1 saturated heterocycles. The van der Waals surface area contributed by atoms with Crippen molar-refractivity contribution < 1.29 is 9.59 Å². The van der Waals surface area contributed by atoms with E-state index in [4.69, 9.17) is 23.2 Å². The van der Waals surface area contributed by atoms with Gasteiger partial charge >= 0.3 is 0 Å². The van der Waals surface area contributed by atoms with Crippen molar-refractivity contribution in [3.05, 3.63) is 58.3 Å². The Hall–Kier alpha value is -2.57. The first-order valence-corrected chi connectivity index (χ1v) is 9.66. The second-order valence-corrected chi connectivity index (χ2v) is 7.56. The van der Waals surface area contributed by atoms with Crippen LogP contribution in [0.1, 0.15) is 12.2 Å². The number of carbonyl (C=O) groups excluding carboxylic acids is 2. The van der Waals surface area contributed by atoms with E-state index in [0.717, 1.165) is 16.9 Å². The lowest BCUT2D eigenvalue weighted by Crippen LogP contribution is -2.37. The van der Waals surface area contributed by atoms with Crippen molar-refractivity contribution in [1.82, 2.24) is 14.9 Å². The molecule has 0 saturated carbocycles. The molecule has 3 aromatic rings. The third-order valence-corrected chi connectivity index (χ3v) is 5.58. The molecule has 0 spiro atoms. The van der Waals surface area contributed by atoms with E-state index in [0.29, 0.717) is 28.7 Å². The molecule has 8 heteroatoms. The Morgan fingerprint density at radius 2 is 2.04 bits per heavy atom. The summed E-state index contributed by atoms with van der Waals surface area (Å²) in [5, 5.41) is 3.76. The molecular formula is C20H18Cl2N4O2. The van der Waals surface area contributed by atoms with E-state index in [1.165, 1.54) is 4.90 Å². The Bertz CT molecular complexity index is 1080. The number of hydrogen-bond acceptors (Lipinski definition) is 3. The zero-order valence-electron chi connectivity index (χ0n) is 15.2. The van der Waals surface area contributed by atoms with Gasteiger partial charge in [0.2, 0.25) is 11.8 Å². The topological polar surface area (TPSA) is 67.2 Å². The largest absolute Gasteiger partial charge is 0.348 e. The van der Waals surface area contributed by atoms with Gasteiger partial charge in [-0.1, -0.05) is 35.3 Å². The van der Waals surface area contributed by atoms with Crippen LogP contribution in [-0.2, 0) is 23.2 Å². The highest BCUT2D eigenvalue weighted by atomic mass is 35.5. The minimum absolute atomic E-state index is 0.256. The molecule has 0 aliphatic carbocycles. The van der Waals surface area contributed by atoms with Crippen LogP contribution in [0.4, 0.5) is 5.69 Å². The monoisotopic (exact) mass is 416 g/mol. The molecule has 4 rings (SSSR count). The molecule has 1 N–H and O–H groups in total. The zero-order chi connectivity index (χ0) is 19.8. The molecule has 2 amide bonds. The first kappa shape index (κ1) is 18.8. The van der Waals surface area contributed by atoms with Crippen LogP contribution in [-0.4, -0.2) is 27.9 Å². The number of imidazole rings is 1. The molecule has 28 heavy (non-hydrogen) atoms.